The van der Waals surface area contributed by atoms with Gasteiger partial charge in [0.25, 0.3) is 0 Å². The molecule has 0 aliphatic heterocycles. The van der Waals surface area contributed by atoms with Gasteiger partial charge in [0.05, 0.1) is 4.90 Å². The van der Waals surface area contributed by atoms with Gasteiger partial charge >= 0.3 is 0 Å². The molecule has 0 aromatic heterocycles. The van der Waals surface area contributed by atoms with Crippen molar-refractivity contribution in [2.45, 2.75) is 25.2 Å². The zero-order valence-corrected chi connectivity index (χ0v) is 11.9. The van der Waals surface area contributed by atoms with Gasteiger partial charge in [0.1, 0.15) is 0 Å². The Hall–Kier alpha value is -1.60. The van der Waals surface area contributed by atoms with Crippen LogP contribution in [-0.2, 0) is 21.2 Å². The molecule has 0 aliphatic carbocycles. The summed E-state index contributed by atoms with van der Waals surface area (Å²) in [6.45, 7) is 3.71. The molecule has 0 spiro atoms. The highest BCUT2D eigenvalue weighted by Crippen LogP contribution is 2.18. The van der Waals surface area contributed by atoms with Crippen LogP contribution in [0.2, 0.25) is 0 Å². The number of amides is 1. The van der Waals surface area contributed by atoms with Crippen LogP contribution in [0, 0.1) is 0 Å². The first kappa shape index (κ1) is 15.5. The van der Waals surface area contributed by atoms with Crippen LogP contribution in [0.3, 0.4) is 0 Å². The molecule has 1 aromatic carbocycles. The number of sulfonamides is 1. The molecular formula is C12H19N3O3S. The van der Waals surface area contributed by atoms with Crippen molar-refractivity contribution in [3.8, 4) is 0 Å². The summed E-state index contributed by atoms with van der Waals surface area (Å²) in [5.41, 5.74) is 7.15. The number of benzene rings is 1. The molecule has 1 aromatic rings. The van der Waals surface area contributed by atoms with E-state index in [0.717, 1.165) is 12.0 Å². The lowest BCUT2D eigenvalue weighted by Gasteiger charge is -2.09. The Morgan fingerprint density at radius 1 is 1.32 bits per heavy atom. The Bertz CT molecular complexity index is 555. The summed E-state index contributed by atoms with van der Waals surface area (Å²) in [7, 11) is -3.59. The Morgan fingerprint density at radius 2 is 2.00 bits per heavy atom. The van der Waals surface area contributed by atoms with E-state index >= 15 is 0 Å². The average molecular weight is 285 g/mol. The second-order valence-electron chi connectivity index (χ2n) is 4.09. The molecule has 1 amide bonds. The molecule has 106 valence electrons. The lowest BCUT2D eigenvalue weighted by molar-refractivity contribution is -0.118. The molecular weight excluding hydrogens is 266 g/mol. The number of nitrogens with one attached hydrogen (secondary N) is 2. The van der Waals surface area contributed by atoms with Crippen LogP contribution >= 0.6 is 0 Å². The first-order valence-corrected chi connectivity index (χ1v) is 7.47. The Kier molecular flexibility index (Phi) is 5.31. The molecule has 0 fully saturated rings. The summed E-state index contributed by atoms with van der Waals surface area (Å²) < 4.78 is 26.3. The molecule has 6 nitrogen and oxygen atoms in total. The molecule has 4 N–H and O–H groups in total. The smallest absolute Gasteiger partial charge is 0.240 e. The molecule has 0 aliphatic rings. The van der Waals surface area contributed by atoms with E-state index in [4.69, 9.17) is 5.73 Å². The highest BCUT2D eigenvalue weighted by atomic mass is 32.2. The predicted molar refractivity (Wildman–Crippen MR) is 74.1 cm³/mol. The van der Waals surface area contributed by atoms with Gasteiger partial charge in [-0.1, -0.05) is 13.0 Å². The Balaban J connectivity index is 2.72. The van der Waals surface area contributed by atoms with E-state index in [2.05, 4.69) is 10.0 Å². The zero-order chi connectivity index (χ0) is 14.5. The van der Waals surface area contributed by atoms with Gasteiger partial charge in [-0.05, 0) is 24.1 Å². The highest BCUT2D eigenvalue weighted by Gasteiger charge is 2.14. The molecule has 0 heterocycles. The fourth-order valence-electron chi connectivity index (χ4n) is 1.57. The van der Waals surface area contributed by atoms with Crippen molar-refractivity contribution >= 4 is 21.6 Å². The molecule has 0 atom stereocenters. The maximum Gasteiger partial charge on any atom is 0.240 e. The first-order chi connectivity index (χ1) is 8.86. The summed E-state index contributed by atoms with van der Waals surface area (Å²) in [5.74, 6) is -0.198. The van der Waals surface area contributed by atoms with E-state index in [0.29, 0.717) is 5.69 Å². The molecule has 0 bridgehead atoms. The number of carbonyl (C=O) groups is 1. The SMILES string of the molecule is CCc1ccc(S(=O)(=O)NCCNC(C)=O)cc1N. The van der Waals surface area contributed by atoms with Crippen molar-refractivity contribution < 1.29 is 13.2 Å². The van der Waals surface area contributed by atoms with Gasteiger partial charge in [-0.2, -0.15) is 0 Å². The Labute approximate surface area is 113 Å². The van der Waals surface area contributed by atoms with E-state index in [1.54, 1.807) is 6.07 Å². The minimum atomic E-state index is -3.59. The van der Waals surface area contributed by atoms with Gasteiger partial charge in [-0.3, -0.25) is 4.79 Å². The predicted octanol–water partition coefficient (Wildman–Crippen LogP) is 0.246. The largest absolute Gasteiger partial charge is 0.398 e. The second-order valence-corrected chi connectivity index (χ2v) is 5.86. The van der Waals surface area contributed by atoms with Crippen LogP contribution in [0.4, 0.5) is 5.69 Å². The van der Waals surface area contributed by atoms with Crippen LogP contribution in [0.15, 0.2) is 23.1 Å². The number of aryl methyl sites for hydroxylation is 1. The average Bonchev–Trinajstić information content (AvgIpc) is 2.34. The second kappa shape index (κ2) is 6.53. The molecule has 19 heavy (non-hydrogen) atoms. The van der Waals surface area contributed by atoms with Crippen LogP contribution in [0.25, 0.3) is 0 Å². The van der Waals surface area contributed by atoms with Crippen LogP contribution < -0.4 is 15.8 Å². The van der Waals surface area contributed by atoms with Gasteiger partial charge in [0.15, 0.2) is 0 Å². The van der Waals surface area contributed by atoms with Crippen LogP contribution in [0.1, 0.15) is 19.4 Å². The van der Waals surface area contributed by atoms with E-state index in [1.807, 2.05) is 6.92 Å². The molecule has 0 saturated heterocycles. The van der Waals surface area contributed by atoms with Gasteiger partial charge in [-0.25, -0.2) is 13.1 Å². The molecule has 7 heteroatoms. The lowest BCUT2D eigenvalue weighted by Crippen LogP contribution is -2.33. The third-order valence-corrected chi connectivity index (χ3v) is 4.06. The van der Waals surface area contributed by atoms with Gasteiger partial charge in [0, 0.05) is 25.7 Å². The minimum Gasteiger partial charge on any atom is -0.398 e. The maximum atomic E-state index is 11.9. The van der Waals surface area contributed by atoms with Crippen molar-refractivity contribution in [3.05, 3.63) is 23.8 Å². The van der Waals surface area contributed by atoms with E-state index in [9.17, 15) is 13.2 Å². The highest BCUT2D eigenvalue weighted by molar-refractivity contribution is 7.89. The van der Waals surface area contributed by atoms with Crippen LogP contribution in [-0.4, -0.2) is 27.4 Å². The third-order valence-electron chi connectivity index (χ3n) is 2.60. The monoisotopic (exact) mass is 285 g/mol. The van der Waals surface area contributed by atoms with Crippen molar-refractivity contribution in [2.24, 2.45) is 0 Å². The van der Waals surface area contributed by atoms with Crippen molar-refractivity contribution in [1.29, 1.82) is 0 Å². The van der Waals surface area contributed by atoms with E-state index < -0.39 is 10.0 Å². The van der Waals surface area contributed by atoms with Gasteiger partial charge in [-0.15, -0.1) is 0 Å². The fourth-order valence-corrected chi connectivity index (χ4v) is 2.64. The third kappa shape index (κ3) is 4.53. The quantitative estimate of drug-likeness (QED) is 0.515. The summed E-state index contributed by atoms with van der Waals surface area (Å²) in [6, 6.07) is 4.67. The molecule has 1 rings (SSSR count). The summed E-state index contributed by atoms with van der Waals surface area (Å²) in [4.78, 5) is 10.8. The topological polar surface area (TPSA) is 101 Å². The van der Waals surface area contributed by atoms with E-state index in [1.165, 1.54) is 19.1 Å². The number of nitrogen functional groups attached to an aromatic ring is 1. The summed E-state index contributed by atoms with van der Waals surface area (Å²) in [5, 5.41) is 2.51. The fraction of sp³-hybridized carbons (Fsp3) is 0.417. The molecule has 0 radical (unpaired) electrons. The number of nitrogens with two attached hydrogens (primary N) is 1. The summed E-state index contributed by atoms with van der Waals surface area (Å²) >= 11 is 0. The molecule has 0 unspecified atom stereocenters. The van der Waals surface area contributed by atoms with Gasteiger partial charge < -0.3 is 11.1 Å². The lowest BCUT2D eigenvalue weighted by atomic mass is 10.1. The maximum absolute atomic E-state index is 11.9. The first-order valence-electron chi connectivity index (χ1n) is 5.99. The van der Waals surface area contributed by atoms with Gasteiger partial charge in [0.2, 0.25) is 15.9 Å². The van der Waals surface area contributed by atoms with Crippen molar-refractivity contribution in [3.63, 3.8) is 0 Å². The molecule has 0 saturated carbocycles. The number of anilines is 1. The zero-order valence-electron chi connectivity index (χ0n) is 11.1. The number of hydrogen-bond donors (Lipinski definition) is 3. The Morgan fingerprint density at radius 3 is 2.53 bits per heavy atom. The van der Waals surface area contributed by atoms with Crippen LogP contribution in [0.5, 0.6) is 0 Å². The number of rotatable bonds is 6. The number of carbonyl (C=O) groups excluding carboxylic acids is 1. The minimum absolute atomic E-state index is 0.130. The van der Waals surface area contributed by atoms with E-state index in [-0.39, 0.29) is 23.9 Å². The van der Waals surface area contributed by atoms with Crippen molar-refractivity contribution in [2.75, 3.05) is 18.8 Å². The van der Waals surface area contributed by atoms with Crippen molar-refractivity contribution in [1.82, 2.24) is 10.0 Å². The number of hydrogen-bond acceptors (Lipinski definition) is 4. The standard InChI is InChI=1S/C12H19N3O3S/c1-3-10-4-5-11(8-12(10)13)19(17,18)15-7-6-14-9(2)16/h4-5,8,15H,3,6-7,13H2,1-2H3,(H,14,16). The summed E-state index contributed by atoms with van der Waals surface area (Å²) in [6.07, 6.45) is 0.752. The normalized spacial score (nSPS) is 11.3.